The standard InChI is InChI=1S/C18H18ClN3O4/c19-13-1-4-15(5-2-13)26-16-6-3-14(11-20-16)21-18(25)22-9-7-12(8-10-22)17(23)24/h1-6,11-12H,7-10H2,(H,21,25)(H,23,24). The molecule has 0 unspecified atom stereocenters. The van der Waals surface area contributed by atoms with E-state index < -0.39 is 5.97 Å². The maximum Gasteiger partial charge on any atom is 0.321 e. The monoisotopic (exact) mass is 375 g/mol. The lowest BCUT2D eigenvalue weighted by Crippen LogP contribution is -2.42. The van der Waals surface area contributed by atoms with Gasteiger partial charge in [-0.25, -0.2) is 9.78 Å². The number of amides is 2. The highest BCUT2D eigenvalue weighted by atomic mass is 35.5. The van der Waals surface area contributed by atoms with Crippen LogP contribution in [-0.2, 0) is 4.79 Å². The van der Waals surface area contributed by atoms with Gasteiger partial charge in [0, 0.05) is 24.2 Å². The van der Waals surface area contributed by atoms with Crippen LogP contribution in [0.1, 0.15) is 12.8 Å². The topological polar surface area (TPSA) is 91.8 Å². The molecule has 2 amide bonds. The lowest BCUT2D eigenvalue weighted by Gasteiger charge is -2.30. The Morgan fingerprint density at radius 3 is 2.42 bits per heavy atom. The number of nitrogens with zero attached hydrogens (tertiary/aromatic N) is 2. The van der Waals surface area contributed by atoms with E-state index >= 15 is 0 Å². The molecule has 7 nitrogen and oxygen atoms in total. The summed E-state index contributed by atoms with van der Waals surface area (Å²) in [7, 11) is 0. The highest BCUT2D eigenvalue weighted by Crippen LogP contribution is 2.23. The molecule has 26 heavy (non-hydrogen) atoms. The molecule has 2 heterocycles. The van der Waals surface area contributed by atoms with Crippen molar-refractivity contribution in [1.82, 2.24) is 9.88 Å². The summed E-state index contributed by atoms with van der Waals surface area (Å²) in [6.07, 6.45) is 2.44. The quantitative estimate of drug-likeness (QED) is 0.846. The third-order valence-electron chi connectivity index (χ3n) is 4.16. The number of carbonyl (C=O) groups excluding carboxylic acids is 1. The van der Waals surface area contributed by atoms with Crippen molar-refractivity contribution in [2.45, 2.75) is 12.8 Å². The number of aliphatic carboxylic acids is 1. The molecule has 1 fully saturated rings. The summed E-state index contributed by atoms with van der Waals surface area (Å²) in [5.41, 5.74) is 0.541. The summed E-state index contributed by atoms with van der Waals surface area (Å²) in [4.78, 5) is 29.0. The van der Waals surface area contributed by atoms with Gasteiger partial charge in [0.15, 0.2) is 0 Å². The molecule has 1 aliphatic rings. The number of rotatable bonds is 4. The first-order valence-corrected chi connectivity index (χ1v) is 8.57. The van der Waals surface area contributed by atoms with Gasteiger partial charge in [-0.2, -0.15) is 0 Å². The summed E-state index contributed by atoms with van der Waals surface area (Å²) >= 11 is 5.83. The van der Waals surface area contributed by atoms with E-state index in [1.54, 1.807) is 41.3 Å². The zero-order valence-electron chi connectivity index (χ0n) is 13.9. The molecule has 8 heteroatoms. The molecule has 0 aliphatic carbocycles. The molecular formula is C18H18ClN3O4. The van der Waals surface area contributed by atoms with E-state index in [0.717, 1.165) is 0 Å². The smallest absolute Gasteiger partial charge is 0.321 e. The number of urea groups is 1. The Balaban J connectivity index is 1.53. The third-order valence-corrected chi connectivity index (χ3v) is 4.41. The van der Waals surface area contributed by atoms with Gasteiger partial charge in [0.1, 0.15) is 5.75 Å². The second kappa shape index (κ2) is 8.05. The van der Waals surface area contributed by atoms with Crippen LogP contribution in [0.3, 0.4) is 0 Å². The van der Waals surface area contributed by atoms with Crippen LogP contribution in [0.15, 0.2) is 42.6 Å². The minimum absolute atomic E-state index is 0.262. The maximum atomic E-state index is 12.2. The average Bonchev–Trinajstić information content (AvgIpc) is 2.65. The van der Waals surface area contributed by atoms with Crippen LogP contribution >= 0.6 is 11.6 Å². The van der Waals surface area contributed by atoms with Crippen LogP contribution in [-0.4, -0.2) is 40.1 Å². The van der Waals surface area contributed by atoms with Crippen molar-refractivity contribution < 1.29 is 19.4 Å². The molecule has 0 atom stereocenters. The number of aromatic nitrogens is 1. The average molecular weight is 376 g/mol. The fraction of sp³-hybridized carbons (Fsp3) is 0.278. The summed E-state index contributed by atoms with van der Waals surface area (Å²) in [6.45, 7) is 0.849. The van der Waals surface area contributed by atoms with Crippen molar-refractivity contribution in [3.8, 4) is 11.6 Å². The number of hydrogen-bond donors (Lipinski definition) is 2. The second-order valence-electron chi connectivity index (χ2n) is 5.97. The van der Waals surface area contributed by atoms with Gasteiger partial charge >= 0.3 is 12.0 Å². The number of carbonyl (C=O) groups is 2. The van der Waals surface area contributed by atoms with E-state index in [1.807, 2.05) is 0 Å². The number of halogens is 1. The zero-order valence-corrected chi connectivity index (χ0v) is 14.6. The summed E-state index contributed by atoms with van der Waals surface area (Å²) in [5.74, 6) is -0.164. The normalized spacial score (nSPS) is 14.7. The van der Waals surface area contributed by atoms with Gasteiger partial charge in [0.2, 0.25) is 5.88 Å². The first-order valence-electron chi connectivity index (χ1n) is 8.19. The van der Waals surface area contributed by atoms with E-state index in [2.05, 4.69) is 10.3 Å². The number of carboxylic acids is 1. The lowest BCUT2D eigenvalue weighted by atomic mass is 9.97. The zero-order chi connectivity index (χ0) is 18.5. The van der Waals surface area contributed by atoms with Gasteiger partial charge in [-0.15, -0.1) is 0 Å². The van der Waals surface area contributed by atoms with E-state index in [0.29, 0.717) is 48.3 Å². The van der Waals surface area contributed by atoms with Crippen LogP contribution in [0, 0.1) is 5.92 Å². The molecule has 2 N–H and O–H groups in total. The number of nitrogens with one attached hydrogen (secondary N) is 1. The van der Waals surface area contributed by atoms with E-state index in [4.69, 9.17) is 21.4 Å². The van der Waals surface area contributed by atoms with Gasteiger partial charge in [0.05, 0.1) is 17.8 Å². The van der Waals surface area contributed by atoms with Crippen molar-refractivity contribution in [3.63, 3.8) is 0 Å². The molecule has 0 radical (unpaired) electrons. The Hall–Kier alpha value is -2.80. The summed E-state index contributed by atoms with van der Waals surface area (Å²) in [5, 5.41) is 12.4. The Morgan fingerprint density at radius 1 is 1.15 bits per heavy atom. The number of carboxylic acid groups (broad SMARTS) is 1. The molecule has 136 valence electrons. The predicted octanol–water partition coefficient (Wildman–Crippen LogP) is 3.86. The molecule has 1 aliphatic heterocycles. The van der Waals surface area contributed by atoms with E-state index in [-0.39, 0.29) is 11.9 Å². The Bertz CT molecular complexity index is 772. The minimum Gasteiger partial charge on any atom is -0.481 e. The highest BCUT2D eigenvalue weighted by Gasteiger charge is 2.26. The number of ether oxygens (including phenoxy) is 1. The van der Waals surface area contributed by atoms with Crippen molar-refractivity contribution in [1.29, 1.82) is 0 Å². The first kappa shape index (κ1) is 18.0. The number of anilines is 1. The van der Waals surface area contributed by atoms with Crippen molar-refractivity contribution in [2.75, 3.05) is 18.4 Å². The van der Waals surface area contributed by atoms with Crippen LogP contribution in [0.2, 0.25) is 5.02 Å². The molecule has 0 bridgehead atoms. The minimum atomic E-state index is -0.800. The molecular weight excluding hydrogens is 358 g/mol. The fourth-order valence-corrected chi connectivity index (χ4v) is 2.80. The van der Waals surface area contributed by atoms with Gasteiger partial charge in [-0.1, -0.05) is 11.6 Å². The highest BCUT2D eigenvalue weighted by molar-refractivity contribution is 6.30. The number of piperidine rings is 1. The van der Waals surface area contributed by atoms with Gasteiger partial charge in [-0.3, -0.25) is 4.79 Å². The Kier molecular flexibility index (Phi) is 5.58. The van der Waals surface area contributed by atoms with Gasteiger partial charge < -0.3 is 20.1 Å². The molecule has 1 aromatic heterocycles. The predicted molar refractivity (Wildman–Crippen MR) is 96.7 cm³/mol. The Morgan fingerprint density at radius 2 is 1.85 bits per heavy atom. The summed E-state index contributed by atoms with van der Waals surface area (Å²) in [6, 6.07) is 10.0. The SMILES string of the molecule is O=C(O)C1CCN(C(=O)Nc2ccc(Oc3ccc(Cl)cc3)nc2)CC1. The van der Waals surface area contributed by atoms with Crippen LogP contribution < -0.4 is 10.1 Å². The largest absolute Gasteiger partial charge is 0.481 e. The summed E-state index contributed by atoms with van der Waals surface area (Å²) < 4.78 is 5.60. The first-order chi connectivity index (χ1) is 12.5. The molecule has 0 spiro atoms. The molecule has 0 saturated carbocycles. The van der Waals surface area contributed by atoms with Crippen LogP contribution in [0.4, 0.5) is 10.5 Å². The van der Waals surface area contributed by atoms with Crippen LogP contribution in [0.5, 0.6) is 11.6 Å². The van der Waals surface area contributed by atoms with Crippen molar-refractivity contribution >= 4 is 29.3 Å². The lowest BCUT2D eigenvalue weighted by molar-refractivity contribution is -0.143. The molecule has 1 saturated heterocycles. The molecule has 1 aromatic carbocycles. The van der Waals surface area contributed by atoms with E-state index in [9.17, 15) is 9.59 Å². The number of benzene rings is 1. The molecule has 2 aromatic rings. The van der Waals surface area contributed by atoms with E-state index in [1.165, 1.54) is 6.20 Å². The van der Waals surface area contributed by atoms with Crippen molar-refractivity contribution in [3.05, 3.63) is 47.6 Å². The second-order valence-corrected chi connectivity index (χ2v) is 6.41. The fourth-order valence-electron chi connectivity index (χ4n) is 2.67. The van der Waals surface area contributed by atoms with Crippen molar-refractivity contribution in [2.24, 2.45) is 5.92 Å². The maximum absolute atomic E-state index is 12.2. The van der Waals surface area contributed by atoms with Gasteiger partial charge in [0.25, 0.3) is 0 Å². The number of likely N-dealkylation sites (tertiary alicyclic amines) is 1. The number of hydrogen-bond acceptors (Lipinski definition) is 4. The molecule has 3 rings (SSSR count). The number of pyridine rings is 1. The Labute approximate surface area is 155 Å². The van der Waals surface area contributed by atoms with Gasteiger partial charge in [-0.05, 0) is 43.2 Å². The van der Waals surface area contributed by atoms with Crippen LogP contribution in [0.25, 0.3) is 0 Å². The third kappa shape index (κ3) is 4.64.